The van der Waals surface area contributed by atoms with Crippen molar-refractivity contribution in [2.45, 2.75) is 32.9 Å². The van der Waals surface area contributed by atoms with Crippen LogP contribution in [-0.2, 0) is 13.0 Å². The van der Waals surface area contributed by atoms with E-state index in [0.29, 0.717) is 0 Å². The average Bonchev–Trinajstić information content (AvgIpc) is 3.15. The van der Waals surface area contributed by atoms with Crippen molar-refractivity contribution >= 4 is 16.5 Å². The molecule has 0 aliphatic carbocycles. The van der Waals surface area contributed by atoms with Crippen LogP contribution in [0.5, 0.6) is 5.75 Å². The van der Waals surface area contributed by atoms with E-state index in [-0.39, 0.29) is 6.10 Å². The van der Waals surface area contributed by atoms with Crippen molar-refractivity contribution in [1.82, 2.24) is 10.3 Å². The largest absolute Gasteiger partial charge is 0.488 e. The number of nitrogens with one attached hydrogen (secondary N) is 1. The van der Waals surface area contributed by atoms with Gasteiger partial charge in [0, 0.05) is 43.7 Å². The van der Waals surface area contributed by atoms with Gasteiger partial charge in [-0.25, -0.2) is 4.98 Å². The van der Waals surface area contributed by atoms with Gasteiger partial charge >= 0.3 is 0 Å². The molecule has 5 heteroatoms. The molecule has 1 aliphatic rings. The molecule has 1 aromatic carbocycles. The van der Waals surface area contributed by atoms with Gasteiger partial charge in [0.25, 0.3) is 0 Å². The van der Waals surface area contributed by atoms with Crippen molar-refractivity contribution in [3.63, 3.8) is 0 Å². The van der Waals surface area contributed by atoms with Gasteiger partial charge in [-0.1, -0.05) is 18.2 Å². The number of para-hydroxylation sites is 1. The van der Waals surface area contributed by atoms with Crippen molar-refractivity contribution in [3.8, 4) is 5.75 Å². The summed E-state index contributed by atoms with van der Waals surface area (Å²) in [5.41, 5.74) is 1.32. The van der Waals surface area contributed by atoms with E-state index < -0.39 is 0 Å². The maximum atomic E-state index is 5.94. The zero-order valence-corrected chi connectivity index (χ0v) is 14.0. The highest BCUT2D eigenvalue weighted by atomic mass is 32.1. The fraction of sp³-hybridized carbons (Fsp3) is 0.471. The zero-order chi connectivity index (χ0) is 15.4. The number of nitrogens with zero attached hydrogens (tertiary/aromatic N) is 2. The lowest BCUT2D eigenvalue weighted by Crippen LogP contribution is -2.29. The third-order valence-corrected chi connectivity index (χ3v) is 5.02. The molecule has 1 atom stereocenters. The third-order valence-electron chi connectivity index (χ3n) is 3.96. The molecule has 1 aromatic heterocycles. The normalized spacial score (nSPS) is 16.4. The van der Waals surface area contributed by atoms with Gasteiger partial charge in [-0.05, 0) is 25.5 Å². The fourth-order valence-corrected chi connectivity index (χ4v) is 3.75. The molecular formula is C17H23N3OS. The minimum atomic E-state index is 0.243. The Morgan fingerprint density at radius 3 is 2.91 bits per heavy atom. The number of benzene rings is 1. The Bertz CT molecular complexity index is 584. The lowest BCUT2D eigenvalue weighted by molar-refractivity contribution is 0.227. The number of anilines is 1. The molecule has 0 bridgehead atoms. The highest BCUT2D eigenvalue weighted by molar-refractivity contribution is 7.15. The molecule has 118 valence electrons. The first-order valence-electron chi connectivity index (χ1n) is 7.95. The lowest BCUT2D eigenvalue weighted by Gasteiger charge is -2.16. The van der Waals surface area contributed by atoms with Gasteiger partial charge in [0.05, 0.1) is 0 Å². The second kappa shape index (κ2) is 7.11. The van der Waals surface area contributed by atoms with Gasteiger partial charge in [0.1, 0.15) is 11.9 Å². The summed E-state index contributed by atoms with van der Waals surface area (Å²) in [7, 11) is 0. The van der Waals surface area contributed by atoms with Crippen molar-refractivity contribution in [3.05, 3.63) is 40.9 Å². The first-order valence-corrected chi connectivity index (χ1v) is 8.76. The zero-order valence-electron chi connectivity index (χ0n) is 13.2. The molecule has 3 rings (SSSR count). The standard InChI is InChI=1S/C17H23N3OS/c1-3-20(4-2)17-19-12-15(22-17)11-18-10-14-9-13-7-5-6-8-16(13)21-14/h5-8,12,14,18H,3-4,9-11H2,1-2H3. The Hall–Kier alpha value is -1.59. The Balaban J connectivity index is 1.46. The summed E-state index contributed by atoms with van der Waals surface area (Å²) in [5, 5.41) is 4.61. The molecule has 2 heterocycles. The number of rotatable bonds is 7. The summed E-state index contributed by atoms with van der Waals surface area (Å²) >= 11 is 1.77. The summed E-state index contributed by atoms with van der Waals surface area (Å²) in [5.74, 6) is 1.04. The molecule has 0 fully saturated rings. The smallest absolute Gasteiger partial charge is 0.185 e. The molecule has 0 saturated carbocycles. The van der Waals surface area contributed by atoms with E-state index in [1.54, 1.807) is 11.3 Å². The number of aromatic nitrogens is 1. The highest BCUT2D eigenvalue weighted by Crippen LogP contribution is 2.28. The first kappa shape index (κ1) is 15.3. The number of hydrogen-bond donors (Lipinski definition) is 1. The van der Waals surface area contributed by atoms with E-state index in [0.717, 1.165) is 43.5 Å². The van der Waals surface area contributed by atoms with Crippen molar-refractivity contribution in [2.24, 2.45) is 0 Å². The number of thiazole rings is 1. The number of hydrogen-bond acceptors (Lipinski definition) is 5. The third kappa shape index (κ3) is 3.42. The summed E-state index contributed by atoms with van der Waals surface area (Å²) < 4.78 is 5.94. The predicted molar refractivity (Wildman–Crippen MR) is 91.9 cm³/mol. The second-order valence-electron chi connectivity index (χ2n) is 5.46. The van der Waals surface area contributed by atoms with Crippen LogP contribution in [0.25, 0.3) is 0 Å². The van der Waals surface area contributed by atoms with E-state index in [2.05, 4.69) is 47.2 Å². The van der Waals surface area contributed by atoms with Crippen LogP contribution in [0.1, 0.15) is 24.3 Å². The van der Waals surface area contributed by atoms with E-state index in [1.165, 1.54) is 10.4 Å². The van der Waals surface area contributed by atoms with Gasteiger partial charge < -0.3 is 15.0 Å². The monoisotopic (exact) mass is 317 g/mol. The Kier molecular flexibility index (Phi) is 4.95. The maximum Gasteiger partial charge on any atom is 0.185 e. The van der Waals surface area contributed by atoms with Crippen LogP contribution >= 0.6 is 11.3 Å². The van der Waals surface area contributed by atoms with E-state index in [4.69, 9.17) is 4.74 Å². The van der Waals surface area contributed by atoms with Crippen LogP contribution in [0.15, 0.2) is 30.5 Å². The SMILES string of the molecule is CCN(CC)c1ncc(CNCC2Cc3ccccc3O2)s1. The minimum Gasteiger partial charge on any atom is -0.488 e. The van der Waals surface area contributed by atoms with E-state index in [9.17, 15) is 0 Å². The van der Waals surface area contributed by atoms with E-state index in [1.807, 2.05) is 12.3 Å². The van der Waals surface area contributed by atoms with Crippen molar-refractivity contribution in [1.29, 1.82) is 0 Å². The molecule has 1 N–H and O–H groups in total. The van der Waals surface area contributed by atoms with Crippen LogP contribution in [0.2, 0.25) is 0 Å². The molecule has 22 heavy (non-hydrogen) atoms. The Morgan fingerprint density at radius 1 is 1.32 bits per heavy atom. The maximum absolute atomic E-state index is 5.94. The quantitative estimate of drug-likeness (QED) is 0.851. The average molecular weight is 317 g/mol. The topological polar surface area (TPSA) is 37.4 Å². The van der Waals surface area contributed by atoms with Crippen molar-refractivity contribution < 1.29 is 4.74 Å². The number of fused-ring (bicyclic) bond motifs is 1. The fourth-order valence-electron chi connectivity index (χ4n) is 2.74. The van der Waals surface area contributed by atoms with Gasteiger partial charge in [-0.3, -0.25) is 0 Å². The summed E-state index contributed by atoms with van der Waals surface area (Å²) in [6.45, 7) is 8.06. The van der Waals surface area contributed by atoms with Gasteiger partial charge in [-0.15, -0.1) is 11.3 Å². The van der Waals surface area contributed by atoms with Gasteiger partial charge in [0.2, 0.25) is 0 Å². The summed E-state index contributed by atoms with van der Waals surface area (Å²) in [6.07, 6.45) is 3.22. The van der Waals surface area contributed by atoms with E-state index >= 15 is 0 Å². The molecule has 0 saturated heterocycles. The predicted octanol–water partition coefficient (Wildman–Crippen LogP) is 3.08. The van der Waals surface area contributed by atoms with Crippen LogP contribution < -0.4 is 15.0 Å². The molecule has 0 spiro atoms. The first-order chi connectivity index (χ1) is 10.8. The molecule has 4 nitrogen and oxygen atoms in total. The van der Waals surface area contributed by atoms with Crippen molar-refractivity contribution in [2.75, 3.05) is 24.5 Å². The molecule has 2 aromatic rings. The molecule has 0 amide bonds. The summed E-state index contributed by atoms with van der Waals surface area (Å²) in [4.78, 5) is 8.07. The van der Waals surface area contributed by atoms with Gasteiger partial charge in [0.15, 0.2) is 5.13 Å². The highest BCUT2D eigenvalue weighted by Gasteiger charge is 2.21. The lowest BCUT2D eigenvalue weighted by atomic mass is 10.1. The molecule has 1 aliphatic heterocycles. The second-order valence-corrected chi connectivity index (χ2v) is 6.56. The van der Waals surface area contributed by atoms with Crippen LogP contribution in [-0.4, -0.2) is 30.7 Å². The minimum absolute atomic E-state index is 0.243. The van der Waals surface area contributed by atoms with Gasteiger partial charge in [-0.2, -0.15) is 0 Å². The summed E-state index contributed by atoms with van der Waals surface area (Å²) in [6, 6.07) is 8.30. The molecule has 1 unspecified atom stereocenters. The Morgan fingerprint density at radius 2 is 2.14 bits per heavy atom. The molecule has 0 radical (unpaired) electrons. The van der Waals surface area contributed by atoms with Crippen LogP contribution in [0, 0.1) is 0 Å². The van der Waals surface area contributed by atoms with Crippen LogP contribution in [0.4, 0.5) is 5.13 Å². The molecular weight excluding hydrogens is 294 g/mol. The number of ether oxygens (including phenoxy) is 1. The Labute approximate surface area is 136 Å². The van der Waals surface area contributed by atoms with Crippen LogP contribution in [0.3, 0.4) is 0 Å².